The molecule has 0 saturated heterocycles. The number of hydrogen-bond donors (Lipinski definition) is 0. The summed E-state index contributed by atoms with van der Waals surface area (Å²) in [7, 11) is 0. The second-order valence-electron chi connectivity index (χ2n) is 2.43. The average Bonchev–Trinajstić information content (AvgIpc) is 2.03. The van der Waals surface area contributed by atoms with Crippen LogP contribution >= 0.6 is 36.2 Å². The van der Waals surface area contributed by atoms with Gasteiger partial charge in [0.05, 0.1) is 0 Å². The molecular formula is C9H10BrIO2. The molecule has 0 spiro atoms. The molecule has 72 valence electrons. The van der Waals surface area contributed by atoms with E-state index >= 15 is 0 Å². The monoisotopic (exact) mass is 356 g/mol. The quantitative estimate of drug-likeness (QED) is 0.600. The van der Waals surface area contributed by atoms with E-state index in [0.717, 1.165) is 8.04 Å². The number of rotatable bonds is 2. The summed E-state index contributed by atoms with van der Waals surface area (Å²) in [6.07, 6.45) is 0. The molecule has 0 amide bonds. The van der Waals surface area contributed by atoms with Crippen LogP contribution in [0.5, 0.6) is 0 Å². The van der Waals surface area contributed by atoms with E-state index < -0.39 is 20.2 Å². The van der Waals surface area contributed by atoms with Gasteiger partial charge in [0.2, 0.25) is 0 Å². The molecule has 1 aromatic rings. The SMILES string of the molecule is CC(=O)OI(C)c1cccc(Br)c1. The molecule has 0 bridgehead atoms. The molecule has 0 aliphatic carbocycles. The van der Waals surface area contributed by atoms with Crippen molar-refractivity contribution in [2.24, 2.45) is 0 Å². The maximum absolute atomic E-state index is 10.7. The van der Waals surface area contributed by atoms with Crippen molar-refractivity contribution in [3.63, 3.8) is 0 Å². The molecule has 0 saturated carbocycles. The minimum atomic E-state index is -1.70. The molecule has 0 aromatic heterocycles. The molecule has 0 heterocycles. The second-order valence-corrected chi connectivity index (χ2v) is 7.43. The van der Waals surface area contributed by atoms with Crippen molar-refractivity contribution in [2.45, 2.75) is 6.92 Å². The van der Waals surface area contributed by atoms with E-state index in [0.29, 0.717) is 0 Å². The summed E-state index contributed by atoms with van der Waals surface area (Å²) in [5.74, 6) is -0.187. The van der Waals surface area contributed by atoms with Gasteiger partial charge in [0.15, 0.2) is 0 Å². The van der Waals surface area contributed by atoms with Crippen molar-refractivity contribution in [1.82, 2.24) is 0 Å². The van der Waals surface area contributed by atoms with Gasteiger partial charge in [0, 0.05) is 0 Å². The van der Waals surface area contributed by atoms with Gasteiger partial charge in [-0.15, -0.1) is 0 Å². The number of carbonyl (C=O) groups excluding carboxylic acids is 1. The van der Waals surface area contributed by atoms with Gasteiger partial charge in [-0.05, 0) is 0 Å². The molecule has 0 fully saturated rings. The van der Waals surface area contributed by atoms with Gasteiger partial charge < -0.3 is 0 Å². The van der Waals surface area contributed by atoms with Crippen LogP contribution < -0.4 is 0 Å². The van der Waals surface area contributed by atoms with Crippen LogP contribution in [-0.4, -0.2) is 10.9 Å². The zero-order chi connectivity index (χ0) is 9.84. The fourth-order valence-electron chi connectivity index (χ4n) is 0.833. The van der Waals surface area contributed by atoms with Crippen molar-refractivity contribution >= 4 is 42.1 Å². The van der Waals surface area contributed by atoms with Crippen LogP contribution in [-0.2, 0) is 7.86 Å². The predicted molar refractivity (Wildman–Crippen MR) is 64.5 cm³/mol. The molecule has 0 N–H and O–H groups in total. The molecule has 0 aliphatic heterocycles. The van der Waals surface area contributed by atoms with E-state index in [1.165, 1.54) is 6.92 Å². The molecule has 2 nitrogen and oxygen atoms in total. The van der Waals surface area contributed by atoms with Crippen LogP contribution in [0.4, 0.5) is 0 Å². The van der Waals surface area contributed by atoms with Crippen LogP contribution in [0.2, 0.25) is 0 Å². The Labute approximate surface area is 93.7 Å². The van der Waals surface area contributed by atoms with E-state index in [9.17, 15) is 4.79 Å². The number of benzene rings is 1. The molecule has 1 aromatic carbocycles. The van der Waals surface area contributed by atoms with Gasteiger partial charge in [-0.1, -0.05) is 0 Å². The molecule has 0 radical (unpaired) electrons. The van der Waals surface area contributed by atoms with Crippen LogP contribution in [0.25, 0.3) is 0 Å². The predicted octanol–water partition coefficient (Wildman–Crippen LogP) is 3.23. The normalized spacial score (nSPS) is 10.8. The standard InChI is InChI=1S/C9H10BrIO2/c1-7(12)13-11(2)9-5-3-4-8(10)6-9/h3-6H,1-2H3. The van der Waals surface area contributed by atoms with Gasteiger partial charge in [-0.2, -0.15) is 0 Å². The van der Waals surface area contributed by atoms with Crippen molar-refractivity contribution in [3.8, 4) is 0 Å². The number of halogens is 2. The van der Waals surface area contributed by atoms with Crippen LogP contribution in [0.1, 0.15) is 6.92 Å². The molecule has 0 aliphatic rings. The van der Waals surface area contributed by atoms with Crippen LogP contribution in [0.3, 0.4) is 0 Å². The van der Waals surface area contributed by atoms with Crippen molar-refractivity contribution in [1.29, 1.82) is 0 Å². The molecule has 4 heteroatoms. The molecule has 1 rings (SSSR count). The van der Waals surface area contributed by atoms with Gasteiger partial charge in [0.1, 0.15) is 0 Å². The van der Waals surface area contributed by atoms with Crippen molar-refractivity contribution in [2.75, 3.05) is 4.93 Å². The van der Waals surface area contributed by atoms with Crippen molar-refractivity contribution < 1.29 is 7.86 Å². The fraction of sp³-hybridized carbons (Fsp3) is 0.222. The second kappa shape index (κ2) is 4.95. The van der Waals surface area contributed by atoms with E-state index in [1.807, 2.05) is 29.2 Å². The maximum atomic E-state index is 10.7. The number of hydrogen-bond acceptors (Lipinski definition) is 2. The number of carbonyl (C=O) groups is 1. The minimum absolute atomic E-state index is 0.187. The zero-order valence-corrected chi connectivity index (χ0v) is 11.1. The first kappa shape index (κ1) is 11.0. The summed E-state index contributed by atoms with van der Waals surface area (Å²) < 4.78 is 7.36. The third-order valence-corrected chi connectivity index (χ3v) is 5.52. The first-order chi connectivity index (χ1) is 6.09. The summed E-state index contributed by atoms with van der Waals surface area (Å²) >= 11 is 1.68. The Kier molecular flexibility index (Phi) is 4.18. The van der Waals surface area contributed by atoms with Gasteiger partial charge in [0.25, 0.3) is 0 Å². The Bertz CT molecular complexity index is 314. The molecular weight excluding hydrogens is 347 g/mol. The third-order valence-electron chi connectivity index (χ3n) is 1.32. The first-order valence-corrected chi connectivity index (χ1v) is 8.55. The summed E-state index contributed by atoms with van der Waals surface area (Å²) in [5.41, 5.74) is 0. The Morgan fingerprint density at radius 2 is 2.23 bits per heavy atom. The summed E-state index contributed by atoms with van der Waals surface area (Å²) in [4.78, 5) is 12.7. The zero-order valence-electron chi connectivity index (χ0n) is 7.38. The van der Waals surface area contributed by atoms with Gasteiger partial charge >= 0.3 is 94.2 Å². The fourth-order valence-corrected chi connectivity index (χ4v) is 4.33. The molecule has 0 unspecified atom stereocenters. The molecule has 13 heavy (non-hydrogen) atoms. The first-order valence-electron chi connectivity index (χ1n) is 3.64. The Balaban J connectivity index is 2.76. The third kappa shape index (κ3) is 3.64. The number of alkyl halides is 1. The van der Waals surface area contributed by atoms with E-state index in [-0.39, 0.29) is 5.97 Å². The van der Waals surface area contributed by atoms with Crippen LogP contribution in [0.15, 0.2) is 28.7 Å². The Morgan fingerprint density at radius 3 is 2.77 bits per heavy atom. The Hall–Kier alpha value is -0.100. The van der Waals surface area contributed by atoms with E-state index in [1.54, 1.807) is 0 Å². The molecule has 0 atom stereocenters. The van der Waals surface area contributed by atoms with E-state index in [2.05, 4.69) is 15.9 Å². The average molecular weight is 357 g/mol. The van der Waals surface area contributed by atoms with E-state index in [4.69, 9.17) is 3.07 Å². The van der Waals surface area contributed by atoms with Crippen LogP contribution in [0, 0.1) is 3.57 Å². The summed E-state index contributed by atoms with van der Waals surface area (Å²) in [6, 6.07) is 7.92. The topological polar surface area (TPSA) is 26.3 Å². The van der Waals surface area contributed by atoms with Crippen molar-refractivity contribution in [3.05, 3.63) is 32.3 Å². The summed E-state index contributed by atoms with van der Waals surface area (Å²) in [6.45, 7) is 1.45. The van der Waals surface area contributed by atoms with Gasteiger partial charge in [-0.3, -0.25) is 0 Å². The summed E-state index contributed by atoms with van der Waals surface area (Å²) in [5, 5.41) is 0. The van der Waals surface area contributed by atoms with Gasteiger partial charge in [-0.25, -0.2) is 0 Å². The Morgan fingerprint density at radius 1 is 1.54 bits per heavy atom.